The molecule has 0 fully saturated rings. The van der Waals surface area contributed by atoms with E-state index in [1.807, 2.05) is 41.3 Å². The zero-order valence-corrected chi connectivity index (χ0v) is 18.0. The molecular weight excluding hydrogens is 404 g/mol. The summed E-state index contributed by atoms with van der Waals surface area (Å²) in [6.07, 6.45) is 4.87. The van der Waals surface area contributed by atoms with Crippen LogP contribution < -0.4 is 19.1 Å². The summed E-state index contributed by atoms with van der Waals surface area (Å²) in [7, 11) is 1.59. The molecule has 1 spiro atoms. The maximum absolute atomic E-state index is 14.1. The second kappa shape index (κ2) is 7.26. The molecule has 0 aliphatic carbocycles. The molecule has 162 valence electrons. The molecule has 1 atom stereocenters. The summed E-state index contributed by atoms with van der Waals surface area (Å²) in [5, 5.41) is 0. The predicted octanol–water partition coefficient (Wildman–Crippen LogP) is 4.03. The van der Waals surface area contributed by atoms with Crippen LogP contribution in [0.2, 0.25) is 0 Å². The highest BCUT2D eigenvalue weighted by Crippen LogP contribution is 2.54. The van der Waals surface area contributed by atoms with Gasteiger partial charge in [-0.3, -0.25) is 4.79 Å². The number of aromatic nitrogens is 1. The van der Waals surface area contributed by atoms with Crippen LogP contribution in [0.15, 0.2) is 54.7 Å². The summed E-state index contributed by atoms with van der Waals surface area (Å²) in [5.41, 5.74) is 4.07. The molecule has 1 unspecified atom stereocenters. The minimum absolute atomic E-state index is 0.0295. The molecule has 32 heavy (non-hydrogen) atoms. The third kappa shape index (κ3) is 2.72. The number of aryl methyl sites for hydroxylation is 1. The lowest BCUT2D eigenvalue weighted by Gasteiger charge is -2.23. The van der Waals surface area contributed by atoms with Gasteiger partial charge in [0.05, 0.1) is 20.3 Å². The molecule has 1 aromatic heterocycles. The lowest BCUT2D eigenvalue weighted by atomic mass is 9.76. The summed E-state index contributed by atoms with van der Waals surface area (Å²) >= 11 is 0. The Hall–Kier alpha value is -3.54. The molecule has 3 aliphatic heterocycles. The summed E-state index contributed by atoms with van der Waals surface area (Å²) in [6.45, 7) is 1.45. The van der Waals surface area contributed by atoms with Crippen LogP contribution >= 0.6 is 0 Å². The summed E-state index contributed by atoms with van der Waals surface area (Å²) in [4.78, 5) is 20.2. The zero-order valence-electron chi connectivity index (χ0n) is 18.0. The maximum atomic E-state index is 14.1. The molecule has 6 nitrogen and oxygen atoms in total. The first-order valence-electron chi connectivity index (χ1n) is 11.0. The molecule has 4 heterocycles. The Kier molecular flexibility index (Phi) is 4.35. The molecule has 0 bridgehead atoms. The van der Waals surface area contributed by atoms with E-state index in [4.69, 9.17) is 14.2 Å². The number of carbonyl (C=O) groups excluding carboxylic acids is 1. The Balaban J connectivity index is 1.44. The molecule has 1 amide bonds. The monoisotopic (exact) mass is 428 g/mol. The van der Waals surface area contributed by atoms with Crippen molar-refractivity contribution >= 4 is 11.6 Å². The van der Waals surface area contributed by atoms with Crippen molar-refractivity contribution in [3.05, 3.63) is 77.0 Å². The summed E-state index contributed by atoms with van der Waals surface area (Å²) in [6, 6.07) is 15.9. The first kappa shape index (κ1) is 19.2. The number of benzene rings is 2. The van der Waals surface area contributed by atoms with Gasteiger partial charge in [-0.2, -0.15) is 0 Å². The number of carbonyl (C=O) groups is 1. The van der Waals surface area contributed by atoms with E-state index in [-0.39, 0.29) is 5.91 Å². The summed E-state index contributed by atoms with van der Waals surface area (Å²) < 4.78 is 17.4. The first-order chi connectivity index (χ1) is 15.7. The fraction of sp³-hybridized carbons (Fsp3) is 0.308. The third-order valence-electron chi connectivity index (χ3n) is 6.78. The van der Waals surface area contributed by atoms with Gasteiger partial charge in [-0.25, -0.2) is 4.98 Å². The van der Waals surface area contributed by atoms with Crippen LogP contribution in [0.1, 0.15) is 35.1 Å². The van der Waals surface area contributed by atoms with Gasteiger partial charge in [-0.1, -0.05) is 24.3 Å². The van der Waals surface area contributed by atoms with Gasteiger partial charge in [0.1, 0.15) is 23.5 Å². The molecule has 0 radical (unpaired) electrons. The van der Waals surface area contributed by atoms with E-state index < -0.39 is 5.41 Å². The van der Waals surface area contributed by atoms with Crippen molar-refractivity contribution in [2.75, 3.05) is 25.2 Å². The number of methoxy groups -OCH3 is 1. The van der Waals surface area contributed by atoms with Crippen molar-refractivity contribution in [3.63, 3.8) is 0 Å². The smallest absolute Gasteiger partial charge is 0.246 e. The number of ether oxygens (including phenoxy) is 3. The number of amides is 1. The van der Waals surface area contributed by atoms with Crippen LogP contribution in [-0.2, 0) is 23.2 Å². The predicted molar refractivity (Wildman–Crippen MR) is 120 cm³/mol. The van der Waals surface area contributed by atoms with E-state index >= 15 is 0 Å². The molecule has 0 saturated carbocycles. The number of anilines is 1. The average molecular weight is 428 g/mol. The van der Waals surface area contributed by atoms with Crippen LogP contribution in [0.5, 0.6) is 17.4 Å². The van der Waals surface area contributed by atoms with Gasteiger partial charge >= 0.3 is 0 Å². The zero-order chi connectivity index (χ0) is 21.7. The van der Waals surface area contributed by atoms with Gasteiger partial charge in [0.15, 0.2) is 0 Å². The van der Waals surface area contributed by atoms with Gasteiger partial charge in [0.25, 0.3) is 0 Å². The highest BCUT2D eigenvalue weighted by molar-refractivity contribution is 6.11. The molecule has 6 heteroatoms. The van der Waals surface area contributed by atoms with Crippen LogP contribution in [-0.4, -0.2) is 31.2 Å². The number of para-hydroxylation sites is 1. The molecule has 3 aromatic rings. The number of nitrogens with zero attached hydrogens (tertiary/aromatic N) is 2. The van der Waals surface area contributed by atoms with Crippen molar-refractivity contribution < 1.29 is 19.0 Å². The molecule has 0 N–H and O–H groups in total. The van der Waals surface area contributed by atoms with E-state index in [0.717, 1.165) is 58.7 Å². The lowest BCUT2D eigenvalue weighted by molar-refractivity contribution is -0.122. The van der Waals surface area contributed by atoms with Gasteiger partial charge in [0.2, 0.25) is 11.8 Å². The molecule has 3 aliphatic rings. The van der Waals surface area contributed by atoms with Gasteiger partial charge < -0.3 is 19.1 Å². The van der Waals surface area contributed by atoms with Crippen molar-refractivity contribution in [3.8, 4) is 17.4 Å². The molecular formula is C26H24N2O4. The topological polar surface area (TPSA) is 60.9 Å². The van der Waals surface area contributed by atoms with Crippen molar-refractivity contribution in [2.45, 2.75) is 31.2 Å². The van der Waals surface area contributed by atoms with Crippen molar-refractivity contribution in [2.24, 2.45) is 0 Å². The molecule has 6 rings (SSSR count). The van der Waals surface area contributed by atoms with E-state index in [1.165, 1.54) is 0 Å². The third-order valence-corrected chi connectivity index (χ3v) is 6.78. The Labute approximate surface area is 186 Å². The second-order valence-corrected chi connectivity index (χ2v) is 8.57. The maximum Gasteiger partial charge on any atom is 0.246 e. The molecule has 0 saturated heterocycles. The number of pyridine rings is 1. The Morgan fingerprint density at radius 2 is 1.97 bits per heavy atom. The number of hydrogen-bond donors (Lipinski definition) is 0. The van der Waals surface area contributed by atoms with Crippen molar-refractivity contribution in [1.82, 2.24) is 4.98 Å². The standard InChI is InChI=1S/C26H24N2O4/c1-30-24-10-9-17(14-27-24)15-28-21-8-3-2-7-19(21)26(25(28)29)16-32-23-12-18-6-4-5-11-31-22(18)13-20(23)26/h2-3,7-10,12-14H,4-6,11,15-16H2,1H3. The van der Waals surface area contributed by atoms with Gasteiger partial charge in [0, 0.05) is 23.5 Å². The summed E-state index contributed by atoms with van der Waals surface area (Å²) in [5.74, 6) is 2.26. The largest absolute Gasteiger partial charge is 0.493 e. The van der Waals surface area contributed by atoms with Gasteiger partial charge in [-0.15, -0.1) is 0 Å². The fourth-order valence-corrected chi connectivity index (χ4v) is 5.14. The fourth-order valence-electron chi connectivity index (χ4n) is 5.14. The van der Waals surface area contributed by atoms with Crippen molar-refractivity contribution in [1.29, 1.82) is 0 Å². The number of rotatable bonds is 3. The Morgan fingerprint density at radius 1 is 1.06 bits per heavy atom. The van der Waals surface area contributed by atoms with Crippen LogP contribution in [0.25, 0.3) is 0 Å². The minimum Gasteiger partial charge on any atom is -0.493 e. The molecule has 2 aromatic carbocycles. The average Bonchev–Trinajstić information content (AvgIpc) is 3.19. The Morgan fingerprint density at radius 3 is 2.81 bits per heavy atom. The Bertz CT molecular complexity index is 1210. The van der Waals surface area contributed by atoms with Crippen LogP contribution in [0, 0.1) is 0 Å². The highest BCUT2D eigenvalue weighted by atomic mass is 16.5. The van der Waals surface area contributed by atoms with Gasteiger partial charge in [-0.05, 0) is 54.2 Å². The number of hydrogen-bond acceptors (Lipinski definition) is 5. The van der Waals surface area contributed by atoms with E-state index in [9.17, 15) is 4.79 Å². The highest BCUT2D eigenvalue weighted by Gasteiger charge is 2.57. The van der Waals surface area contributed by atoms with E-state index in [1.54, 1.807) is 13.3 Å². The normalized spacial score (nSPS) is 20.8. The van der Waals surface area contributed by atoms with E-state index in [0.29, 0.717) is 25.6 Å². The quantitative estimate of drug-likeness (QED) is 0.630. The first-order valence-corrected chi connectivity index (χ1v) is 11.0. The lowest BCUT2D eigenvalue weighted by Crippen LogP contribution is -2.42. The van der Waals surface area contributed by atoms with E-state index in [2.05, 4.69) is 17.1 Å². The van der Waals surface area contributed by atoms with Crippen LogP contribution in [0.3, 0.4) is 0 Å². The SMILES string of the molecule is COc1ccc(CN2C(=O)C3(COc4cc5c(cc43)OCCCC5)c3ccccc32)cn1. The second-order valence-electron chi connectivity index (χ2n) is 8.57. The van der Waals surface area contributed by atoms with Crippen LogP contribution in [0.4, 0.5) is 5.69 Å². The number of fused-ring (bicyclic) bond motifs is 5. The minimum atomic E-state index is -0.851.